The van der Waals surface area contributed by atoms with Gasteiger partial charge in [0, 0.05) is 38.7 Å². The zero-order valence-corrected chi connectivity index (χ0v) is 19.9. The van der Waals surface area contributed by atoms with Crippen LogP contribution in [0, 0.1) is 0 Å². The average Bonchev–Trinajstić information content (AvgIpc) is 3.09. The topological polar surface area (TPSA) is 88.2 Å². The molecule has 0 unspecified atom stereocenters. The van der Waals surface area contributed by atoms with Gasteiger partial charge in [-0.15, -0.1) is 0 Å². The van der Waals surface area contributed by atoms with E-state index in [0.717, 1.165) is 12.0 Å². The summed E-state index contributed by atoms with van der Waals surface area (Å²) < 4.78 is 39.1. The Bertz CT molecular complexity index is 1070. The number of benzene rings is 2. The molecule has 2 heterocycles. The zero-order chi connectivity index (χ0) is 23.4. The van der Waals surface area contributed by atoms with E-state index in [1.54, 1.807) is 18.2 Å². The summed E-state index contributed by atoms with van der Waals surface area (Å²) in [5, 5.41) is 3.06. The van der Waals surface area contributed by atoms with Gasteiger partial charge in [0.1, 0.15) is 0 Å². The lowest BCUT2D eigenvalue weighted by molar-refractivity contribution is -0.127. The highest BCUT2D eigenvalue weighted by atomic mass is 32.2. The maximum Gasteiger partial charge on any atom is 0.243 e. The largest absolute Gasteiger partial charge is 0.490 e. The van der Waals surface area contributed by atoms with E-state index in [4.69, 9.17) is 9.47 Å². The van der Waals surface area contributed by atoms with Crippen LogP contribution in [0.1, 0.15) is 31.9 Å². The predicted octanol–water partition coefficient (Wildman–Crippen LogP) is 2.42. The summed E-state index contributed by atoms with van der Waals surface area (Å²) in [4.78, 5) is 15.0. The predicted molar refractivity (Wildman–Crippen MR) is 125 cm³/mol. The van der Waals surface area contributed by atoms with Gasteiger partial charge in [-0.05, 0) is 31.5 Å². The van der Waals surface area contributed by atoms with E-state index in [-0.39, 0.29) is 22.9 Å². The molecule has 1 fully saturated rings. The highest BCUT2D eigenvalue weighted by Gasteiger charge is 2.32. The molecule has 2 aliphatic heterocycles. The molecular formula is C24H31N3O5S. The van der Waals surface area contributed by atoms with E-state index in [2.05, 4.69) is 5.32 Å². The van der Waals surface area contributed by atoms with Gasteiger partial charge >= 0.3 is 0 Å². The van der Waals surface area contributed by atoms with Gasteiger partial charge in [0.05, 0.1) is 30.2 Å². The summed E-state index contributed by atoms with van der Waals surface area (Å²) >= 11 is 0. The van der Waals surface area contributed by atoms with Crippen LogP contribution in [0.4, 0.5) is 0 Å². The van der Waals surface area contributed by atoms with Crippen LogP contribution in [-0.2, 0) is 14.8 Å². The molecule has 0 bridgehead atoms. The van der Waals surface area contributed by atoms with Crippen molar-refractivity contribution in [3.8, 4) is 11.5 Å². The summed E-state index contributed by atoms with van der Waals surface area (Å²) in [5.74, 6) is 0.969. The van der Waals surface area contributed by atoms with Crippen LogP contribution in [0.15, 0.2) is 53.4 Å². The van der Waals surface area contributed by atoms with Gasteiger partial charge in [-0.1, -0.05) is 30.3 Å². The van der Waals surface area contributed by atoms with Crippen molar-refractivity contribution in [2.75, 3.05) is 39.4 Å². The van der Waals surface area contributed by atoms with Crippen LogP contribution in [-0.4, -0.2) is 69.0 Å². The third-order valence-electron chi connectivity index (χ3n) is 6.22. The number of amides is 1. The Hall–Kier alpha value is -2.62. The highest BCUT2D eigenvalue weighted by Crippen LogP contribution is 2.33. The lowest BCUT2D eigenvalue weighted by Crippen LogP contribution is -2.55. The Labute approximate surface area is 195 Å². The Morgan fingerprint density at radius 3 is 2.30 bits per heavy atom. The van der Waals surface area contributed by atoms with Crippen molar-refractivity contribution in [1.82, 2.24) is 14.5 Å². The highest BCUT2D eigenvalue weighted by molar-refractivity contribution is 7.89. The zero-order valence-electron chi connectivity index (χ0n) is 19.1. The van der Waals surface area contributed by atoms with E-state index in [1.165, 1.54) is 4.31 Å². The van der Waals surface area contributed by atoms with Crippen LogP contribution in [0.2, 0.25) is 0 Å². The van der Waals surface area contributed by atoms with Gasteiger partial charge in [0.25, 0.3) is 0 Å². The van der Waals surface area contributed by atoms with Crippen molar-refractivity contribution in [2.45, 2.75) is 37.2 Å². The van der Waals surface area contributed by atoms with Crippen molar-refractivity contribution >= 4 is 15.9 Å². The second-order valence-electron chi connectivity index (χ2n) is 8.42. The SMILES string of the molecule is C[C@H](NC(=O)[C@H](C)N1CCN(S(=O)(=O)c2ccc3c(c2)OCCCO3)CC1)c1ccccc1. The quantitative estimate of drug-likeness (QED) is 0.693. The van der Waals surface area contributed by atoms with Gasteiger partial charge in [-0.2, -0.15) is 4.31 Å². The number of nitrogens with one attached hydrogen (secondary N) is 1. The molecule has 8 nitrogen and oxygen atoms in total. The molecule has 2 aromatic rings. The van der Waals surface area contributed by atoms with Crippen molar-refractivity contribution in [2.24, 2.45) is 0 Å². The monoisotopic (exact) mass is 473 g/mol. The number of nitrogens with zero attached hydrogens (tertiary/aromatic N) is 2. The first kappa shape index (κ1) is 23.5. The molecule has 1 amide bonds. The summed E-state index contributed by atoms with van der Waals surface area (Å²) in [6.45, 7) is 6.48. The molecule has 0 saturated carbocycles. The molecule has 1 N–H and O–H groups in total. The number of rotatable bonds is 6. The van der Waals surface area contributed by atoms with Crippen LogP contribution >= 0.6 is 0 Å². The first-order valence-corrected chi connectivity index (χ1v) is 12.8. The fraction of sp³-hybridized carbons (Fsp3) is 0.458. The molecule has 9 heteroatoms. The first-order valence-electron chi connectivity index (χ1n) is 11.4. The number of sulfonamides is 1. The summed E-state index contributed by atoms with van der Waals surface area (Å²) in [5.41, 5.74) is 1.05. The van der Waals surface area contributed by atoms with E-state index >= 15 is 0 Å². The maximum absolute atomic E-state index is 13.2. The minimum atomic E-state index is -3.66. The van der Waals surface area contributed by atoms with E-state index in [0.29, 0.717) is 50.9 Å². The molecule has 0 aliphatic carbocycles. The molecule has 2 atom stereocenters. The molecule has 0 spiro atoms. The molecule has 0 radical (unpaired) electrons. The third-order valence-corrected chi connectivity index (χ3v) is 8.11. The first-order chi connectivity index (χ1) is 15.9. The second kappa shape index (κ2) is 10.1. The Balaban J connectivity index is 1.36. The smallest absolute Gasteiger partial charge is 0.243 e. The number of carbonyl (C=O) groups is 1. The Morgan fingerprint density at radius 1 is 0.939 bits per heavy atom. The Morgan fingerprint density at radius 2 is 1.61 bits per heavy atom. The third kappa shape index (κ3) is 5.31. The van der Waals surface area contributed by atoms with Crippen molar-refractivity contribution < 1.29 is 22.7 Å². The summed E-state index contributed by atoms with van der Waals surface area (Å²) in [6, 6.07) is 14.1. The van der Waals surface area contributed by atoms with Crippen molar-refractivity contribution in [1.29, 1.82) is 0 Å². The average molecular weight is 474 g/mol. The Kier molecular flexibility index (Phi) is 7.21. The van der Waals surface area contributed by atoms with Gasteiger partial charge in [0.2, 0.25) is 15.9 Å². The van der Waals surface area contributed by atoms with Gasteiger partial charge in [-0.3, -0.25) is 9.69 Å². The number of carbonyl (C=O) groups excluding carboxylic acids is 1. The lowest BCUT2D eigenvalue weighted by atomic mass is 10.1. The number of ether oxygens (including phenoxy) is 2. The number of hydrogen-bond acceptors (Lipinski definition) is 6. The maximum atomic E-state index is 13.2. The van der Waals surface area contributed by atoms with E-state index in [1.807, 2.05) is 49.1 Å². The number of fused-ring (bicyclic) bond motifs is 1. The second-order valence-corrected chi connectivity index (χ2v) is 10.4. The van der Waals surface area contributed by atoms with Gasteiger partial charge < -0.3 is 14.8 Å². The molecule has 1 saturated heterocycles. The van der Waals surface area contributed by atoms with Gasteiger partial charge in [-0.25, -0.2) is 8.42 Å². The molecule has 2 aromatic carbocycles. The molecule has 0 aromatic heterocycles. The normalized spacial score (nSPS) is 19.3. The van der Waals surface area contributed by atoms with Gasteiger partial charge in [0.15, 0.2) is 11.5 Å². The number of piperazine rings is 1. The molecule has 33 heavy (non-hydrogen) atoms. The minimum absolute atomic E-state index is 0.0643. The number of hydrogen-bond donors (Lipinski definition) is 1. The summed E-state index contributed by atoms with van der Waals surface area (Å²) in [6.07, 6.45) is 0.759. The minimum Gasteiger partial charge on any atom is -0.490 e. The standard InChI is InChI=1S/C24H31N3O5S/c1-18(20-7-4-3-5-8-20)25-24(28)19(2)26-11-13-27(14-12-26)33(29,30)21-9-10-22-23(17-21)32-16-6-15-31-22/h3-5,7-10,17-19H,6,11-16H2,1-2H3,(H,25,28)/t18-,19-/m0/s1. The van der Waals surface area contributed by atoms with Crippen LogP contribution in [0.5, 0.6) is 11.5 Å². The fourth-order valence-corrected chi connectivity index (χ4v) is 5.55. The summed E-state index contributed by atoms with van der Waals surface area (Å²) in [7, 11) is -3.66. The van der Waals surface area contributed by atoms with Crippen molar-refractivity contribution in [3.63, 3.8) is 0 Å². The van der Waals surface area contributed by atoms with Crippen LogP contribution < -0.4 is 14.8 Å². The molecule has 178 valence electrons. The molecule has 2 aliphatic rings. The van der Waals surface area contributed by atoms with E-state index in [9.17, 15) is 13.2 Å². The van der Waals surface area contributed by atoms with E-state index < -0.39 is 10.0 Å². The lowest BCUT2D eigenvalue weighted by Gasteiger charge is -2.37. The van der Waals surface area contributed by atoms with Crippen LogP contribution in [0.25, 0.3) is 0 Å². The molecular weight excluding hydrogens is 442 g/mol. The fourth-order valence-electron chi connectivity index (χ4n) is 4.11. The van der Waals surface area contributed by atoms with Crippen molar-refractivity contribution in [3.05, 3.63) is 54.1 Å². The van der Waals surface area contributed by atoms with Crippen LogP contribution in [0.3, 0.4) is 0 Å². The molecule has 4 rings (SSSR count).